The second-order valence-corrected chi connectivity index (χ2v) is 4.05. The molecule has 0 aromatic heterocycles. The van der Waals surface area contributed by atoms with Gasteiger partial charge < -0.3 is 30.0 Å². The average molecular weight is 296 g/mol. The molecule has 1 aromatic carbocycles. The number of carboxylic acid groups (broad SMARTS) is 1. The van der Waals surface area contributed by atoms with E-state index in [9.17, 15) is 14.4 Å². The molecule has 0 saturated carbocycles. The predicted octanol–water partition coefficient (Wildman–Crippen LogP) is 0.797. The number of carbonyl (C=O) groups excluding carboxylic acids is 2. The molecule has 114 valence electrons. The van der Waals surface area contributed by atoms with Crippen molar-refractivity contribution in [3.8, 4) is 5.75 Å². The summed E-state index contributed by atoms with van der Waals surface area (Å²) in [5, 5.41) is 20.4. The Morgan fingerprint density at radius 3 is 2.52 bits per heavy atom. The summed E-state index contributed by atoms with van der Waals surface area (Å²) in [6.45, 7) is -0.191. The number of alkyl carbamates (subject to hydrolysis) is 1. The molecule has 21 heavy (non-hydrogen) atoms. The van der Waals surface area contributed by atoms with Crippen LogP contribution >= 0.6 is 0 Å². The van der Waals surface area contributed by atoms with Gasteiger partial charge in [-0.1, -0.05) is 12.1 Å². The highest BCUT2D eigenvalue weighted by molar-refractivity contribution is 5.71. The zero-order chi connectivity index (χ0) is 15.7. The number of hydrogen-bond acceptors (Lipinski definition) is 5. The van der Waals surface area contributed by atoms with E-state index in [0.29, 0.717) is 11.8 Å². The fourth-order valence-electron chi connectivity index (χ4n) is 1.49. The molecule has 0 saturated heterocycles. The van der Waals surface area contributed by atoms with Gasteiger partial charge in [-0.3, -0.25) is 0 Å². The summed E-state index contributed by atoms with van der Waals surface area (Å²) in [4.78, 5) is 33.3. The van der Waals surface area contributed by atoms with Crippen molar-refractivity contribution in [2.45, 2.75) is 6.54 Å². The van der Waals surface area contributed by atoms with Gasteiger partial charge in [0.25, 0.3) is 0 Å². The summed E-state index contributed by atoms with van der Waals surface area (Å²) in [5.74, 6) is 0.0933. The quantitative estimate of drug-likeness (QED) is 0.641. The topological polar surface area (TPSA) is 116 Å². The van der Waals surface area contributed by atoms with Crippen molar-refractivity contribution < 1.29 is 29.3 Å². The highest BCUT2D eigenvalue weighted by Crippen LogP contribution is 2.11. The van der Waals surface area contributed by atoms with Crippen molar-refractivity contribution in [1.82, 2.24) is 10.2 Å². The molecule has 8 nitrogen and oxygen atoms in total. The maximum absolute atomic E-state index is 11.1. The van der Waals surface area contributed by atoms with Gasteiger partial charge in [0, 0.05) is 6.54 Å². The lowest BCUT2D eigenvalue weighted by molar-refractivity contribution is -0.107. The minimum Gasteiger partial charge on any atom is -0.508 e. The molecule has 2 amide bonds. The van der Waals surface area contributed by atoms with Gasteiger partial charge in [0.2, 0.25) is 0 Å². The highest BCUT2D eigenvalue weighted by Gasteiger charge is 2.13. The normalized spacial score (nSPS) is 9.71. The lowest BCUT2D eigenvalue weighted by atomic mass is 10.2. The van der Waals surface area contributed by atoms with Crippen LogP contribution in [0.4, 0.5) is 9.59 Å². The lowest BCUT2D eigenvalue weighted by Crippen LogP contribution is -2.34. The molecule has 1 aromatic rings. The first-order valence-corrected chi connectivity index (χ1v) is 6.13. The van der Waals surface area contributed by atoms with Gasteiger partial charge >= 0.3 is 12.2 Å². The highest BCUT2D eigenvalue weighted by atomic mass is 16.5. The molecular weight excluding hydrogens is 280 g/mol. The van der Waals surface area contributed by atoms with E-state index in [2.05, 4.69) is 5.32 Å². The van der Waals surface area contributed by atoms with Gasteiger partial charge in [-0.15, -0.1) is 0 Å². The van der Waals surface area contributed by atoms with E-state index < -0.39 is 12.2 Å². The number of rotatable bonds is 7. The van der Waals surface area contributed by atoms with Crippen LogP contribution in [0.1, 0.15) is 5.56 Å². The standard InChI is InChI=1S/C13H16N2O6/c16-7-5-14-12(18)21-8-6-15(13(19)20)9-10-1-3-11(17)4-2-10/h1-4,7,17H,5-6,8-9H2,(H,14,18)(H,19,20). The number of nitrogens with one attached hydrogen (secondary N) is 1. The van der Waals surface area contributed by atoms with Crippen molar-refractivity contribution in [2.75, 3.05) is 19.7 Å². The number of nitrogens with zero attached hydrogens (tertiary/aromatic N) is 1. The first-order chi connectivity index (χ1) is 10.0. The van der Waals surface area contributed by atoms with E-state index in [4.69, 9.17) is 14.9 Å². The average Bonchev–Trinajstić information content (AvgIpc) is 2.46. The van der Waals surface area contributed by atoms with Crippen LogP contribution in [0.5, 0.6) is 5.75 Å². The molecule has 0 aliphatic heterocycles. The zero-order valence-corrected chi connectivity index (χ0v) is 11.2. The van der Waals surface area contributed by atoms with E-state index in [1.54, 1.807) is 12.1 Å². The minimum absolute atomic E-state index is 0.00921. The molecule has 0 spiro atoms. The smallest absolute Gasteiger partial charge is 0.407 e. The van der Waals surface area contributed by atoms with Gasteiger partial charge in [-0.2, -0.15) is 0 Å². The molecule has 0 aliphatic carbocycles. The molecule has 0 unspecified atom stereocenters. The Kier molecular flexibility index (Phi) is 6.52. The number of hydrogen-bond donors (Lipinski definition) is 3. The Morgan fingerprint density at radius 2 is 1.95 bits per heavy atom. The number of ether oxygens (including phenoxy) is 1. The first kappa shape index (κ1) is 16.3. The van der Waals surface area contributed by atoms with Crippen LogP contribution < -0.4 is 5.32 Å². The van der Waals surface area contributed by atoms with Crippen LogP contribution in [0.2, 0.25) is 0 Å². The second kappa shape index (κ2) is 8.41. The van der Waals surface area contributed by atoms with Crippen LogP contribution in [0, 0.1) is 0 Å². The molecule has 0 atom stereocenters. The third kappa shape index (κ3) is 6.28. The zero-order valence-electron chi connectivity index (χ0n) is 11.2. The Labute approximate surface area is 120 Å². The van der Waals surface area contributed by atoms with E-state index in [1.807, 2.05) is 0 Å². The van der Waals surface area contributed by atoms with Crippen molar-refractivity contribution in [2.24, 2.45) is 0 Å². The van der Waals surface area contributed by atoms with Gasteiger partial charge in [-0.25, -0.2) is 9.59 Å². The number of benzene rings is 1. The molecule has 8 heteroatoms. The van der Waals surface area contributed by atoms with E-state index in [-0.39, 0.29) is 32.0 Å². The van der Waals surface area contributed by atoms with Crippen molar-refractivity contribution in [1.29, 1.82) is 0 Å². The molecule has 0 fully saturated rings. The monoisotopic (exact) mass is 296 g/mol. The minimum atomic E-state index is -1.15. The third-order valence-corrected chi connectivity index (χ3v) is 2.50. The SMILES string of the molecule is O=CCNC(=O)OCCN(Cc1ccc(O)cc1)C(=O)O. The van der Waals surface area contributed by atoms with E-state index >= 15 is 0 Å². The van der Waals surface area contributed by atoms with Crippen LogP contribution in [0.25, 0.3) is 0 Å². The van der Waals surface area contributed by atoms with Gasteiger partial charge in [0.15, 0.2) is 0 Å². The van der Waals surface area contributed by atoms with Crippen molar-refractivity contribution in [3.63, 3.8) is 0 Å². The summed E-state index contributed by atoms with van der Waals surface area (Å²) in [6, 6.07) is 6.11. The molecular formula is C13H16N2O6. The summed E-state index contributed by atoms with van der Waals surface area (Å²) in [7, 11) is 0. The summed E-state index contributed by atoms with van der Waals surface area (Å²) < 4.78 is 4.73. The molecule has 0 bridgehead atoms. The van der Waals surface area contributed by atoms with Gasteiger partial charge in [0.05, 0.1) is 13.1 Å². The molecule has 0 radical (unpaired) electrons. The largest absolute Gasteiger partial charge is 0.508 e. The molecule has 0 aliphatic rings. The fraction of sp³-hybridized carbons (Fsp3) is 0.308. The number of carbonyl (C=O) groups is 3. The second-order valence-electron chi connectivity index (χ2n) is 4.05. The lowest BCUT2D eigenvalue weighted by Gasteiger charge is -2.19. The summed E-state index contributed by atoms with van der Waals surface area (Å²) in [6.07, 6.45) is -1.42. The van der Waals surface area contributed by atoms with E-state index in [1.165, 1.54) is 12.1 Å². The molecule has 3 N–H and O–H groups in total. The van der Waals surface area contributed by atoms with Crippen LogP contribution in [-0.4, -0.2) is 53.3 Å². The number of phenols is 1. The fourth-order valence-corrected chi connectivity index (χ4v) is 1.49. The Balaban J connectivity index is 2.43. The third-order valence-electron chi connectivity index (χ3n) is 2.50. The van der Waals surface area contributed by atoms with E-state index in [0.717, 1.165) is 4.90 Å². The number of phenolic OH excluding ortho intramolecular Hbond substituents is 1. The Morgan fingerprint density at radius 1 is 1.29 bits per heavy atom. The van der Waals surface area contributed by atoms with Crippen LogP contribution in [0.15, 0.2) is 24.3 Å². The predicted molar refractivity (Wildman–Crippen MR) is 72.0 cm³/mol. The number of amides is 2. The Bertz CT molecular complexity index is 488. The van der Waals surface area contributed by atoms with Crippen LogP contribution in [-0.2, 0) is 16.1 Å². The maximum atomic E-state index is 11.1. The maximum Gasteiger partial charge on any atom is 0.407 e. The van der Waals surface area contributed by atoms with Crippen LogP contribution in [0.3, 0.4) is 0 Å². The summed E-state index contributed by atoms with van der Waals surface area (Å²) in [5.41, 5.74) is 0.695. The van der Waals surface area contributed by atoms with Crippen molar-refractivity contribution >= 4 is 18.5 Å². The number of aromatic hydroxyl groups is 1. The molecule has 0 heterocycles. The van der Waals surface area contributed by atoms with Gasteiger partial charge in [-0.05, 0) is 17.7 Å². The van der Waals surface area contributed by atoms with Crippen molar-refractivity contribution in [3.05, 3.63) is 29.8 Å². The number of aldehydes is 1. The van der Waals surface area contributed by atoms with Gasteiger partial charge in [0.1, 0.15) is 18.6 Å². The first-order valence-electron chi connectivity index (χ1n) is 6.13. The summed E-state index contributed by atoms with van der Waals surface area (Å²) >= 11 is 0. The Hall–Kier alpha value is -2.77. The molecule has 1 rings (SSSR count).